The maximum Gasteiger partial charge on any atom is 1.00 e. The summed E-state index contributed by atoms with van der Waals surface area (Å²) in [6.45, 7) is 8.00. The van der Waals surface area contributed by atoms with Crippen LogP contribution < -0.4 is 51.4 Å². The Bertz CT molecular complexity index is 6.14. The number of rotatable bonds is 0. The van der Waals surface area contributed by atoms with Gasteiger partial charge in [-0.25, -0.2) is 0 Å². The van der Waals surface area contributed by atoms with Crippen LogP contribution in [0.1, 0.15) is 27.7 Å². The zero-order chi connectivity index (χ0) is 5.41. The number of hydrogen-bond donors (Lipinski definition) is 0. The van der Waals surface area contributed by atoms with Gasteiger partial charge in [0, 0.05) is 0 Å². The summed E-state index contributed by atoms with van der Waals surface area (Å²) < 4.78 is 0. The van der Waals surface area contributed by atoms with Gasteiger partial charge < -0.3 is 12.8 Å². The third-order valence-electron chi connectivity index (χ3n) is 0. The fourth-order valence-electron chi connectivity index (χ4n) is 0. The third kappa shape index (κ3) is 90.6. The molecular formula is C6H14K-. The molecule has 0 radical (unpaired) electrons. The molecule has 0 rings (SSSR count). The fourth-order valence-corrected chi connectivity index (χ4v) is 0. The average Bonchev–Trinajstić information content (AvgIpc) is 1.39. The van der Waals surface area contributed by atoms with Crippen molar-refractivity contribution in [2.75, 3.05) is 0 Å². The van der Waals surface area contributed by atoms with Crippen molar-refractivity contribution in [1.82, 2.24) is 0 Å². The van der Waals surface area contributed by atoms with Crippen molar-refractivity contribution in [1.29, 1.82) is 0 Å². The first kappa shape index (κ1) is 15.9. The Hall–Kier alpha value is 1.64. The SMILES string of the molecule is C[CH-]C.C[CH-]C.[K+]. The Morgan fingerprint density at radius 2 is 0.714 bits per heavy atom. The first-order valence-electron chi connectivity index (χ1n) is 2.31. The van der Waals surface area contributed by atoms with Crippen molar-refractivity contribution in [3.05, 3.63) is 12.8 Å². The van der Waals surface area contributed by atoms with Crippen molar-refractivity contribution < 1.29 is 51.4 Å². The average molecular weight is 125 g/mol. The molecule has 0 aliphatic heterocycles. The molecule has 0 bridgehead atoms. The number of hydrogen-bond acceptors (Lipinski definition) is 0. The predicted molar refractivity (Wildman–Crippen MR) is 31.3 cm³/mol. The Balaban J connectivity index is -0.0000000400. The molecule has 0 aromatic carbocycles. The summed E-state index contributed by atoms with van der Waals surface area (Å²) >= 11 is 0. The van der Waals surface area contributed by atoms with Crippen LogP contribution in [0.2, 0.25) is 0 Å². The van der Waals surface area contributed by atoms with Crippen LogP contribution in [0.15, 0.2) is 0 Å². The molecule has 0 nitrogen and oxygen atoms in total. The normalized spacial score (nSPS) is 5.14. The van der Waals surface area contributed by atoms with Crippen LogP contribution in [-0.4, -0.2) is 0 Å². The van der Waals surface area contributed by atoms with E-state index in [2.05, 4.69) is 0 Å². The van der Waals surface area contributed by atoms with E-state index in [0.717, 1.165) is 0 Å². The van der Waals surface area contributed by atoms with Crippen molar-refractivity contribution in [3.63, 3.8) is 0 Å². The topological polar surface area (TPSA) is 0 Å². The van der Waals surface area contributed by atoms with E-state index in [9.17, 15) is 0 Å². The second kappa shape index (κ2) is 25.4. The Morgan fingerprint density at radius 1 is 0.714 bits per heavy atom. The molecule has 0 aromatic heterocycles. The third-order valence-corrected chi connectivity index (χ3v) is 0. The molecule has 0 saturated carbocycles. The largest absolute Gasteiger partial charge is 1.00 e. The van der Waals surface area contributed by atoms with Gasteiger partial charge in [0.2, 0.25) is 0 Å². The van der Waals surface area contributed by atoms with E-state index < -0.39 is 0 Å². The molecule has 0 aliphatic carbocycles. The molecular weight excluding hydrogens is 111 g/mol. The van der Waals surface area contributed by atoms with E-state index in [4.69, 9.17) is 0 Å². The smallest absolute Gasteiger partial charge is 0.335 e. The Morgan fingerprint density at radius 3 is 0.714 bits per heavy atom. The van der Waals surface area contributed by atoms with Gasteiger partial charge in [-0.15, -0.1) is 0 Å². The molecule has 0 fully saturated rings. The summed E-state index contributed by atoms with van der Waals surface area (Å²) in [6.07, 6.45) is 4.00. The summed E-state index contributed by atoms with van der Waals surface area (Å²) in [5, 5.41) is 0. The molecule has 7 heavy (non-hydrogen) atoms. The van der Waals surface area contributed by atoms with Gasteiger partial charge in [-0.3, -0.25) is 0 Å². The van der Waals surface area contributed by atoms with E-state index >= 15 is 0 Å². The van der Waals surface area contributed by atoms with Gasteiger partial charge in [0.25, 0.3) is 0 Å². The summed E-state index contributed by atoms with van der Waals surface area (Å²) in [7, 11) is 0. The molecule has 0 unspecified atom stereocenters. The van der Waals surface area contributed by atoms with E-state index in [1.165, 1.54) is 0 Å². The van der Waals surface area contributed by atoms with E-state index in [0.29, 0.717) is 0 Å². The maximum atomic E-state index is 2.00. The van der Waals surface area contributed by atoms with Crippen LogP contribution in [0.4, 0.5) is 0 Å². The molecule has 0 saturated heterocycles. The van der Waals surface area contributed by atoms with Gasteiger partial charge in [-0.2, -0.15) is 27.7 Å². The van der Waals surface area contributed by atoms with Crippen LogP contribution in [0.3, 0.4) is 0 Å². The fraction of sp³-hybridized carbons (Fsp3) is 0.667. The van der Waals surface area contributed by atoms with Crippen molar-refractivity contribution >= 4 is 0 Å². The van der Waals surface area contributed by atoms with E-state index in [-0.39, 0.29) is 51.4 Å². The van der Waals surface area contributed by atoms with Gasteiger partial charge >= 0.3 is 51.4 Å². The molecule has 0 amide bonds. The summed E-state index contributed by atoms with van der Waals surface area (Å²) in [6, 6.07) is 0. The first-order chi connectivity index (χ1) is 2.83. The second-order valence-electron chi connectivity index (χ2n) is 1.15. The quantitative estimate of drug-likeness (QED) is 0.301. The summed E-state index contributed by atoms with van der Waals surface area (Å²) in [5.74, 6) is 0. The molecule has 0 atom stereocenters. The molecule has 1 heteroatoms. The molecule has 40 valence electrons. The molecule has 0 heterocycles. The minimum absolute atomic E-state index is 0. The van der Waals surface area contributed by atoms with E-state index in [1.807, 2.05) is 40.5 Å². The Labute approximate surface area is 90.5 Å². The predicted octanol–water partition coefficient (Wildman–Crippen LogP) is -0.535. The van der Waals surface area contributed by atoms with Crippen LogP contribution in [-0.2, 0) is 0 Å². The van der Waals surface area contributed by atoms with Gasteiger partial charge in [-0.05, 0) is 0 Å². The van der Waals surface area contributed by atoms with Crippen LogP contribution in [0.5, 0.6) is 0 Å². The maximum absolute atomic E-state index is 2.00. The van der Waals surface area contributed by atoms with Crippen LogP contribution >= 0.6 is 0 Å². The van der Waals surface area contributed by atoms with Gasteiger partial charge in [0.05, 0.1) is 0 Å². The van der Waals surface area contributed by atoms with Crippen molar-refractivity contribution in [2.45, 2.75) is 27.7 Å². The minimum Gasteiger partial charge on any atom is -0.335 e. The van der Waals surface area contributed by atoms with E-state index in [1.54, 1.807) is 0 Å². The molecule has 0 aliphatic rings. The molecule has 0 spiro atoms. The van der Waals surface area contributed by atoms with Gasteiger partial charge in [-0.1, -0.05) is 0 Å². The van der Waals surface area contributed by atoms with Crippen molar-refractivity contribution in [3.8, 4) is 0 Å². The minimum atomic E-state index is 0. The van der Waals surface area contributed by atoms with Crippen LogP contribution in [0, 0.1) is 12.8 Å². The Kier molecular flexibility index (Phi) is 57.6. The summed E-state index contributed by atoms with van der Waals surface area (Å²) in [4.78, 5) is 0. The first-order valence-corrected chi connectivity index (χ1v) is 2.31. The molecule has 0 N–H and O–H groups in total. The standard InChI is InChI=1S/2C3H7.K/c2*1-3-2;/h2*3H,1-2H3;/q2*-1;+1. The second-order valence-corrected chi connectivity index (χ2v) is 1.15. The summed E-state index contributed by atoms with van der Waals surface area (Å²) in [5.41, 5.74) is 0. The van der Waals surface area contributed by atoms with Crippen LogP contribution in [0.25, 0.3) is 0 Å². The zero-order valence-corrected chi connectivity index (χ0v) is 9.28. The zero-order valence-electron chi connectivity index (χ0n) is 6.15. The van der Waals surface area contributed by atoms with Gasteiger partial charge in [0.15, 0.2) is 0 Å². The monoisotopic (exact) mass is 125 g/mol. The van der Waals surface area contributed by atoms with Crippen molar-refractivity contribution in [2.24, 2.45) is 0 Å². The van der Waals surface area contributed by atoms with Gasteiger partial charge in [0.1, 0.15) is 0 Å². The molecule has 0 aromatic rings.